The molecule has 2 nitrogen and oxygen atoms in total. The lowest BCUT2D eigenvalue weighted by Crippen LogP contribution is -2.69. The molecule has 1 aromatic carbocycles. The number of hydrogen-bond acceptors (Lipinski definition) is 2. The van der Waals surface area contributed by atoms with Gasteiger partial charge in [0.25, 0.3) is 0 Å². The summed E-state index contributed by atoms with van der Waals surface area (Å²) in [4.78, 5) is 2.62. The molecule has 1 saturated heterocycles. The molecule has 1 heterocycles. The third-order valence-corrected chi connectivity index (χ3v) is 4.95. The molecule has 1 aromatic rings. The van der Waals surface area contributed by atoms with Crippen LogP contribution >= 0.6 is 0 Å². The van der Waals surface area contributed by atoms with E-state index in [-0.39, 0.29) is 5.54 Å². The molecule has 1 aliphatic heterocycles. The van der Waals surface area contributed by atoms with Crippen LogP contribution in [-0.2, 0) is 0 Å². The van der Waals surface area contributed by atoms with Gasteiger partial charge in [-0.1, -0.05) is 37.5 Å². The number of hydrogen-bond donors (Lipinski definition) is 1. The van der Waals surface area contributed by atoms with Crippen molar-refractivity contribution in [2.45, 2.75) is 64.0 Å². The number of rotatable bonds is 1. The van der Waals surface area contributed by atoms with Crippen molar-refractivity contribution in [3.63, 3.8) is 0 Å². The van der Waals surface area contributed by atoms with Crippen molar-refractivity contribution < 1.29 is 0 Å². The summed E-state index contributed by atoms with van der Waals surface area (Å²) >= 11 is 0. The van der Waals surface area contributed by atoms with Crippen molar-refractivity contribution in [2.75, 3.05) is 18.0 Å². The molecule has 0 amide bonds. The first kappa shape index (κ1) is 13.9. The SMILES string of the molecule is Cc1ccccc1N1CC(C)(C)NC2(CCCCC2)C1. The van der Waals surface area contributed by atoms with Gasteiger partial charge < -0.3 is 10.2 Å². The summed E-state index contributed by atoms with van der Waals surface area (Å²) in [7, 11) is 0. The Balaban J connectivity index is 1.90. The Kier molecular flexibility index (Phi) is 3.53. The lowest BCUT2D eigenvalue weighted by atomic mass is 9.77. The first-order valence-corrected chi connectivity index (χ1v) is 8.10. The summed E-state index contributed by atoms with van der Waals surface area (Å²) in [5, 5.41) is 3.99. The summed E-state index contributed by atoms with van der Waals surface area (Å²) in [6.07, 6.45) is 6.83. The molecule has 0 unspecified atom stereocenters. The highest BCUT2D eigenvalue weighted by Gasteiger charge is 2.43. The largest absolute Gasteiger partial charge is 0.368 e. The van der Waals surface area contributed by atoms with Gasteiger partial charge in [0.1, 0.15) is 0 Å². The van der Waals surface area contributed by atoms with Crippen LogP contribution in [0.4, 0.5) is 5.69 Å². The molecule has 1 spiro atoms. The van der Waals surface area contributed by atoms with E-state index in [0.29, 0.717) is 5.54 Å². The highest BCUT2D eigenvalue weighted by Crippen LogP contribution is 2.36. The zero-order valence-electron chi connectivity index (χ0n) is 13.2. The molecule has 0 atom stereocenters. The molecule has 2 fully saturated rings. The standard InChI is InChI=1S/C18H28N2/c1-15-9-5-6-10-16(15)20-13-17(2,3)19-18(14-20)11-7-4-8-12-18/h5-6,9-10,19H,4,7-8,11-14H2,1-3H3. The second kappa shape index (κ2) is 5.07. The van der Waals surface area contributed by atoms with Crippen molar-refractivity contribution in [2.24, 2.45) is 0 Å². The van der Waals surface area contributed by atoms with Crippen LogP contribution in [0.25, 0.3) is 0 Å². The molecule has 1 aliphatic carbocycles. The van der Waals surface area contributed by atoms with Crippen molar-refractivity contribution in [1.82, 2.24) is 5.32 Å². The van der Waals surface area contributed by atoms with Crippen LogP contribution in [0.2, 0.25) is 0 Å². The van der Waals surface area contributed by atoms with Crippen molar-refractivity contribution >= 4 is 5.69 Å². The fourth-order valence-corrected chi connectivity index (χ4v) is 4.30. The Labute approximate surface area is 123 Å². The smallest absolute Gasteiger partial charge is 0.0397 e. The number of para-hydroxylation sites is 1. The maximum Gasteiger partial charge on any atom is 0.0397 e. The van der Waals surface area contributed by atoms with Gasteiger partial charge in [-0.3, -0.25) is 0 Å². The second-order valence-electron chi connectivity index (χ2n) is 7.49. The van der Waals surface area contributed by atoms with E-state index in [9.17, 15) is 0 Å². The topological polar surface area (TPSA) is 15.3 Å². The fraction of sp³-hybridized carbons (Fsp3) is 0.667. The average molecular weight is 272 g/mol. The number of benzene rings is 1. The summed E-state index contributed by atoms with van der Waals surface area (Å²) in [6.45, 7) is 9.21. The van der Waals surface area contributed by atoms with Gasteiger partial charge in [-0.05, 0) is 45.2 Å². The van der Waals surface area contributed by atoms with Gasteiger partial charge in [-0.2, -0.15) is 0 Å². The molecule has 1 saturated carbocycles. The van der Waals surface area contributed by atoms with Crippen LogP contribution in [0.5, 0.6) is 0 Å². The average Bonchev–Trinajstić information content (AvgIpc) is 2.38. The molecule has 2 aliphatic rings. The van der Waals surface area contributed by atoms with Crippen molar-refractivity contribution in [1.29, 1.82) is 0 Å². The van der Waals surface area contributed by atoms with Gasteiger partial charge in [-0.15, -0.1) is 0 Å². The van der Waals surface area contributed by atoms with Crippen LogP contribution < -0.4 is 10.2 Å². The maximum atomic E-state index is 3.99. The first-order valence-electron chi connectivity index (χ1n) is 8.10. The van der Waals surface area contributed by atoms with Crippen LogP contribution in [-0.4, -0.2) is 24.2 Å². The third-order valence-electron chi connectivity index (χ3n) is 4.95. The van der Waals surface area contributed by atoms with Gasteiger partial charge >= 0.3 is 0 Å². The summed E-state index contributed by atoms with van der Waals surface area (Å²) < 4.78 is 0. The zero-order chi connectivity index (χ0) is 14.2. The molecule has 0 aromatic heterocycles. The van der Waals surface area contributed by atoms with E-state index in [2.05, 4.69) is 55.3 Å². The Morgan fingerprint density at radius 2 is 1.70 bits per heavy atom. The molecular weight excluding hydrogens is 244 g/mol. The van der Waals surface area contributed by atoms with Gasteiger partial charge in [0.05, 0.1) is 0 Å². The van der Waals surface area contributed by atoms with E-state index in [1.165, 1.54) is 49.9 Å². The lowest BCUT2D eigenvalue weighted by molar-refractivity contribution is 0.146. The van der Waals surface area contributed by atoms with Crippen LogP contribution in [0, 0.1) is 6.92 Å². The van der Waals surface area contributed by atoms with E-state index in [1.54, 1.807) is 0 Å². The minimum atomic E-state index is 0.192. The summed E-state index contributed by atoms with van der Waals surface area (Å²) in [5.41, 5.74) is 3.35. The molecule has 0 bridgehead atoms. The van der Waals surface area contributed by atoms with Crippen LogP contribution in [0.1, 0.15) is 51.5 Å². The zero-order valence-corrected chi connectivity index (χ0v) is 13.2. The minimum Gasteiger partial charge on any atom is -0.368 e. The van der Waals surface area contributed by atoms with E-state index < -0.39 is 0 Å². The first-order chi connectivity index (χ1) is 9.50. The van der Waals surface area contributed by atoms with Gasteiger partial charge in [0.2, 0.25) is 0 Å². The Morgan fingerprint density at radius 1 is 1.00 bits per heavy atom. The Bertz CT molecular complexity index is 472. The highest BCUT2D eigenvalue weighted by molar-refractivity contribution is 5.54. The Hall–Kier alpha value is -1.02. The van der Waals surface area contributed by atoms with Gasteiger partial charge in [-0.25, -0.2) is 0 Å². The number of anilines is 1. The molecule has 1 N–H and O–H groups in total. The second-order valence-corrected chi connectivity index (χ2v) is 7.49. The normalized spacial score (nSPS) is 24.9. The van der Waals surface area contributed by atoms with Crippen molar-refractivity contribution in [3.05, 3.63) is 29.8 Å². The van der Waals surface area contributed by atoms with E-state index in [4.69, 9.17) is 0 Å². The number of piperazine rings is 1. The monoisotopic (exact) mass is 272 g/mol. The maximum absolute atomic E-state index is 3.99. The van der Waals surface area contributed by atoms with Crippen LogP contribution in [0.3, 0.4) is 0 Å². The molecule has 2 heteroatoms. The number of aryl methyl sites for hydroxylation is 1. The Morgan fingerprint density at radius 3 is 2.40 bits per heavy atom. The quantitative estimate of drug-likeness (QED) is 0.834. The highest BCUT2D eigenvalue weighted by atomic mass is 15.3. The van der Waals surface area contributed by atoms with Crippen LogP contribution in [0.15, 0.2) is 24.3 Å². The molecule has 20 heavy (non-hydrogen) atoms. The van der Waals surface area contributed by atoms with Crippen molar-refractivity contribution in [3.8, 4) is 0 Å². The summed E-state index contributed by atoms with van der Waals surface area (Å²) in [6, 6.07) is 8.83. The lowest BCUT2D eigenvalue weighted by Gasteiger charge is -2.54. The minimum absolute atomic E-state index is 0.192. The van der Waals surface area contributed by atoms with E-state index in [1.807, 2.05) is 0 Å². The fourth-order valence-electron chi connectivity index (χ4n) is 4.30. The number of nitrogens with one attached hydrogen (secondary N) is 1. The van der Waals surface area contributed by atoms with Gasteiger partial charge in [0, 0.05) is 29.9 Å². The molecule has 110 valence electrons. The third kappa shape index (κ3) is 2.71. The predicted octanol–water partition coefficient (Wildman–Crippen LogP) is 3.89. The van der Waals surface area contributed by atoms with E-state index in [0.717, 1.165) is 6.54 Å². The molecular formula is C18H28N2. The number of nitrogens with zero attached hydrogens (tertiary/aromatic N) is 1. The predicted molar refractivity (Wildman–Crippen MR) is 86.4 cm³/mol. The summed E-state index contributed by atoms with van der Waals surface area (Å²) in [5.74, 6) is 0. The molecule has 3 rings (SSSR count). The molecule has 0 radical (unpaired) electrons. The van der Waals surface area contributed by atoms with E-state index >= 15 is 0 Å². The van der Waals surface area contributed by atoms with Gasteiger partial charge in [0.15, 0.2) is 0 Å².